The van der Waals surface area contributed by atoms with Crippen LogP contribution in [0.15, 0.2) is 48.5 Å². The molecule has 33 heavy (non-hydrogen) atoms. The van der Waals surface area contributed by atoms with Gasteiger partial charge in [0.15, 0.2) is 0 Å². The standard InChI is InChI=1S/C26H30F2N2O3/c1-26(2,3)33-25(32)30-15-19(27)14-22(30)24(31)29-23(17-7-5-4-6-8-17)18-11-12-20(16-9-10-16)21(28)13-18/h4-8,11-13,16,19,22-23H,9-10,14-15H2,1-3H3,(H,29,31)/t19?,22-,23?/m1/s1. The second-order valence-electron chi connectivity index (χ2n) is 9.89. The number of carbonyl (C=O) groups is 2. The smallest absolute Gasteiger partial charge is 0.411 e. The van der Waals surface area contributed by atoms with Crippen LogP contribution in [0, 0.1) is 5.82 Å². The Morgan fingerprint density at radius 2 is 1.79 bits per heavy atom. The highest BCUT2D eigenvalue weighted by atomic mass is 19.1. The lowest BCUT2D eigenvalue weighted by molar-refractivity contribution is -0.126. The Balaban J connectivity index is 1.59. The summed E-state index contributed by atoms with van der Waals surface area (Å²) >= 11 is 0. The van der Waals surface area contributed by atoms with Crippen molar-refractivity contribution in [3.63, 3.8) is 0 Å². The van der Waals surface area contributed by atoms with Crippen molar-refractivity contribution in [1.29, 1.82) is 0 Å². The van der Waals surface area contributed by atoms with Crippen LogP contribution in [-0.4, -0.2) is 41.3 Å². The molecule has 5 nitrogen and oxygen atoms in total. The lowest BCUT2D eigenvalue weighted by Crippen LogP contribution is -2.48. The van der Waals surface area contributed by atoms with Crippen molar-refractivity contribution in [2.75, 3.05) is 6.54 Å². The third kappa shape index (κ3) is 5.52. The fraction of sp³-hybridized carbons (Fsp3) is 0.462. The largest absolute Gasteiger partial charge is 0.444 e. The number of hydrogen-bond acceptors (Lipinski definition) is 3. The quantitative estimate of drug-likeness (QED) is 0.668. The molecule has 1 aliphatic heterocycles. The van der Waals surface area contributed by atoms with Gasteiger partial charge in [-0.15, -0.1) is 0 Å². The topological polar surface area (TPSA) is 58.6 Å². The number of ether oxygens (including phenoxy) is 1. The van der Waals surface area contributed by atoms with Crippen molar-refractivity contribution in [2.45, 2.75) is 69.8 Å². The van der Waals surface area contributed by atoms with Crippen LogP contribution in [0.1, 0.15) is 68.7 Å². The molecule has 0 spiro atoms. The molecule has 2 fully saturated rings. The molecule has 0 radical (unpaired) electrons. The van der Waals surface area contributed by atoms with E-state index in [0.717, 1.165) is 23.3 Å². The van der Waals surface area contributed by atoms with E-state index in [1.54, 1.807) is 26.8 Å². The first-order valence-corrected chi connectivity index (χ1v) is 11.4. The average Bonchev–Trinajstić information content (AvgIpc) is 3.51. The Hall–Kier alpha value is -2.96. The van der Waals surface area contributed by atoms with Crippen molar-refractivity contribution >= 4 is 12.0 Å². The Bertz CT molecular complexity index is 1020. The summed E-state index contributed by atoms with van der Waals surface area (Å²) in [5.74, 6) is -0.516. The first kappa shape index (κ1) is 23.2. The summed E-state index contributed by atoms with van der Waals surface area (Å²) in [7, 11) is 0. The summed E-state index contributed by atoms with van der Waals surface area (Å²) < 4.78 is 34.4. The first-order valence-electron chi connectivity index (χ1n) is 11.4. The van der Waals surface area contributed by atoms with E-state index >= 15 is 0 Å². The molecular formula is C26H30F2N2O3. The molecule has 1 saturated carbocycles. The van der Waals surface area contributed by atoms with Crippen molar-refractivity contribution in [3.8, 4) is 0 Å². The van der Waals surface area contributed by atoms with E-state index < -0.39 is 35.9 Å². The molecule has 7 heteroatoms. The van der Waals surface area contributed by atoms with Gasteiger partial charge in [0.25, 0.3) is 0 Å². The number of rotatable bonds is 5. The van der Waals surface area contributed by atoms with E-state index in [0.29, 0.717) is 11.1 Å². The third-order valence-corrected chi connectivity index (χ3v) is 5.98. The minimum Gasteiger partial charge on any atom is -0.444 e. The van der Waals surface area contributed by atoms with Gasteiger partial charge in [-0.05, 0) is 62.3 Å². The first-order chi connectivity index (χ1) is 15.6. The molecule has 0 bridgehead atoms. The van der Waals surface area contributed by atoms with Crippen LogP contribution in [0.2, 0.25) is 0 Å². The number of nitrogens with one attached hydrogen (secondary N) is 1. The molecule has 1 heterocycles. The van der Waals surface area contributed by atoms with Gasteiger partial charge in [-0.2, -0.15) is 0 Å². The molecule has 1 aliphatic carbocycles. The van der Waals surface area contributed by atoms with Crippen LogP contribution in [0.3, 0.4) is 0 Å². The number of nitrogens with zero attached hydrogens (tertiary/aromatic N) is 1. The second kappa shape index (κ2) is 9.12. The normalized spacial score (nSPS) is 21.5. The zero-order valence-corrected chi connectivity index (χ0v) is 19.2. The van der Waals surface area contributed by atoms with Crippen molar-refractivity contribution in [1.82, 2.24) is 10.2 Å². The molecule has 4 rings (SSSR count). The molecule has 0 aromatic heterocycles. The summed E-state index contributed by atoms with van der Waals surface area (Å²) in [6.07, 6.45) is -0.178. The van der Waals surface area contributed by atoms with Gasteiger partial charge in [-0.25, -0.2) is 13.6 Å². The SMILES string of the molecule is CC(C)(C)OC(=O)N1CC(F)C[C@@H]1C(=O)NC(c1ccccc1)c1ccc(C2CC2)c(F)c1. The van der Waals surface area contributed by atoms with Gasteiger partial charge in [0.05, 0.1) is 12.6 Å². The summed E-state index contributed by atoms with van der Waals surface area (Å²) in [4.78, 5) is 27.0. The minimum atomic E-state index is -1.32. The third-order valence-electron chi connectivity index (χ3n) is 5.98. The molecule has 176 valence electrons. The van der Waals surface area contributed by atoms with Gasteiger partial charge in [0, 0.05) is 6.42 Å². The number of halogens is 2. The number of amides is 2. The lowest BCUT2D eigenvalue weighted by atomic mass is 9.96. The molecule has 1 N–H and O–H groups in total. The van der Waals surface area contributed by atoms with Crippen molar-refractivity contribution in [3.05, 3.63) is 71.0 Å². The maximum atomic E-state index is 14.8. The zero-order chi connectivity index (χ0) is 23.8. The maximum Gasteiger partial charge on any atom is 0.411 e. The van der Waals surface area contributed by atoms with Crippen LogP contribution in [0.4, 0.5) is 13.6 Å². The summed E-state index contributed by atoms with van der Waals surface area (Å²) in [5.41, 5.74) is 1.29. The number of carbonyl (C=O) groups excluding carboxylic acids is 2. The Kier molecular flexibility index (Phi) is 6.41. The Morgan fingerprint density at radius 1 is 1.09 bits per heavy atom. The van der Waals surface area contributed by atoms with Gasteiger partial charge in [-0.1, -0.05) is 42.5 Å². The summed E-state index contributed by atoms with van der Waals surface area (Å²) in [5, 5.41) is 2.93. The number of likely N-dealkylation sites (tertiary alicyclic amines) is 1. The molecule has 2 aliphatic rings. The van der Waals surface area contributed by atoms with E-state index in [4.69, 9.17) is 4.74 Å². The molecule has 2 unspecified atom stereocenters. The summed E-state index contributed by atoms with van der Waals surface area (Å²) in [6, 6.07) is 12.6. The van der Waals surface area contributed by atoms with Gasteiger partial charge < -0.3 is 10.1 Å². The van der Waals surface area contributed by atoms with Crippen LogP contribution >= 0.6 is 0 Å². The van der Waals surface area contributed by atoms with Crippen LogP contribution in [0.25, 0.3) is 0 Å². The Labute approximate surface area is 193 Å². The predicted molar refractivity (Wildman–Crippen MR) is 121 cm³/mol. The highest BCUT2D eigenvalue weighted by Crippen LogP contribution is 2.42. The number of hydrogen-bond donors (Lipinski definition) is 1. The van der Waals surface area contributed by atoms with E-state index in [2.05, 4.69) is 5.32 Å². The Morgan fingerprint density at radius 3 is 2.39 bits per heavy atom. The molecule has 2 aromatic carbocycles. The van der Waals surface area contributed by atoms with Crippen molar-refractivity contribution in [2.24, 2.45) is 0 Å². The minimum absolute atomic E-state index is 0.110. The van der Waals surface area contributed by atoms with Gasteiger partial charge in [0.1, 0.15) is 23.6 Å². The van der Waals surface area contributed by atoms with Crippen molar-refractivity contribution < 1.29 is 23.1 Å². The second-order valence-corrected chi connectivity index (χ2v) is 9.89. The fourth-order valence-electron chi connectivity index (χ4n) is 4.25. The highest BCUT2D eigenvalue weighted by molar-refractivity contribution is 5.87. The van der Waals surface area contributed by atoms with E-state index in [1.807, 2.05) is 36.4 Å². The van der Waals surface area contributed by atoms with Crippen LogP contribution < -0.4 is 5.32 Å². The zero-order valence-electron chi connectivity index (χ0n) is 19.2. The molecule has 3 atom stereocenters. The summed E-state index contributed by atoms with van der Waals surface area (Å²) in [6.45, 7) is 4.95. The van der Waals surface area contributed by atoms with Gasteiger partial charge >= 0.3 is 6.09 Å². The molecule has 1 saturated heterocycles. The molecule has 2 aromatic rings. The van der Waals surface area contributed by atoms with Crippen LogP contribution in [0.5, 0.6) is 0 Å². The van der Waals surface area contributed by atoms with E-state index in [1.165, 1.54) is 6.07 Å². The molecule has 2 amide bonds. The highest BCUT2D eigenvalue weighted by Gasteiger charge is 2.42. The number of benzene rings is 2. The van der Waals surface area contributed by atoms with Gasteiger partial charge in [-0.3, -0.25) is 9.69 Å². The maximum absolute atomic E-state index is 14.8. The van der Waals surface area contributed by atoms with Crippen LogP contribution in [-0.2, 0) is 9.53 Å². The lowest BCUT2D eigenvalue weighted by Gasteiger charge is -2.29. The number of alkyl halides is 1. The van der Waals surface area contributed by atoms with E-state index in [9.17, 15) is 18.4 Å². The molecular weight excluding hydrogens is 426 g/mol. The van der Waals surface area contributed by atoms with E-state index in [-0.39, 0.29) is 24.7 Å². The average molecular weight is 457 g/mol. The fourth-order valence-corrected chi connectivity index (χ4v) is 4.25. The monoisotopic (exact) mass is 456 g/mol. The predicted octanol–water partition coefficient (Wildman–Crippen LogP) is 5.26. The van der Waals surface area contributed by atoms with Gasteiger partial charge in [0.2, 0.25) is 5.91 Å².